The van der Waals surface area contributed by atoms with Crippen molar-refractivity contribution < 1.29 is 18.3 Å². The lowest BCUT2D eigenvalue weighted by Gasteiger charge is -2.15. The molecule has 2 atom stereocenters. The molecule has 7 nitrogen and oxygen atoms in total. The number of aliphatic hydroxyl groups is 1. The summed E-state index contributed by atoms with van der Waals surface area (Å²) in [6.45, 7) is 0. The standard InChI is InChI=1S/C22H19N3O4S/c26-21-14-30(28,29)13-19(21)24-22(27)18-8-9-20(25-11-10-23-15-25)17(12-18)7-6-16-4-2-1-3-5-16/h1-5,8-12,15,19,21,26H,13-14H2,(H,24,27)/t19-,21-/m1/s1. The van der Waals surface area contributed by atoms with E-state index >= 15 is 0 Å². The Morgan fingerprint density at radius 3 is 2.60 bits per heavy atom. The molecule has 1 saturated heterocycles. The van der Waals surface area contributed by atoms with Crippen molar-refractivity contribution in [3.63, 3.8) is 0 Å². The van der Waals surface area contributed by atoms with Crippen LogP contribution in [0.1, 0.15) is 21.5 Å². The number of aromatic nitrogens is 2. The molecule has 2 aromatic carbocycles. The van der Waals surface area contributed by atoms with Crippen LogP contribution < -0.4 is 5.32 Å². The van der Waals surface area contributed by atoms with E-state index in [2.05, 4.69) is 22.1 Å². The van der Waals surface area contributed by atoms with Gasteiger partial charge in [0.2, 0.25) is 0 Å². The smallest absolute Gasteiger partial charge is 0.251 e. The molecule has 2 N–H and O–H groups in total. The normalized spacial score (nSPS) is 19.6. The molecule has 1 aliphatic heterocycles. The van der Waals surface area contributed by atoms with E-state index in [1.807, 2.05) is 30.3 Å². The summed E-state index contributed by atoms with van der Waals surface area (Å²) in [5.74, 6) is 5.12. The van der Waals surface area contributed by atoms with E-state index < -0.39 is 27.9 Å². The Labute approximate surface area is 174 Å². The number of aliphatic hydroxyl groups excluding tert-OH is 1. The third kappa shape index (κ3) is 4.43. The van der Waals surface area contributed by atoms with E-state index in [9.17, 15) is 18.3 Å². The highest BCUT2D eigenvalue weighted by molar-refractivity contribution is 7.91. The molecule has 30 heavy (non-hydrogen) atoms. The van der Waals surface area contributed by atoms with Gasteiger partial charge in [0.1, 0.15) is 0 Å². The quantitative estimate of drug-likeness (QED) is 0.618. The Morgan fingerprint density at radius 1 is 1.13 bits per heavy atom. The first-order valence-electron chi connectivity index (χ1n) is 9.30. The second-order valence-electron chi connectivity index (χ2n) is 7.04. The molecule has 2 heterocycles. The van der Waals surface area contributed by atoms with Gasteiger partial charge >= 0.3 is 0 Å². The minimum Gasteiger partial charge on any atom is -0.390 e. The minimum atomic E-state index is -3.35. The van der Waals surface area contributed by atoms with Crippen LogP contribution in [0.5, 0.6) is 0 Å². The SMILES string of the molecule is O=C(N[C@@H]1CS(=O)(=O)C[C@H]1O)c1ccc(-n2ccnc2)c(C#Cc2ccccc2)c1. The predicted molar refractivity (Wildman–Crippen MR) is 112 cm³/mol. The zero-order valence-corrected chi connectivity index (χ0v) is 16.7. The number of sulfone groups is 1. The lowest BCUT2D eigenvalue weighted by Crippen LogP contribution is -2.42. The van der Waals surface area contributed by atoms with Crippen LogP contribution in [-0.4, -0.2) is 52.6 Å². The number of nitrogens with zero attached hydrogens (tertiary/aromatic N) is 2. The van der Waals surface area contributed by atoms with Gasteiger partial charge in [0, 0.05) is 29.1 Å². The van der Waals surface area contributed by atoms with Crippen molar-refractivity contribution in [1.82, 2.24) is 14.9 Å². The topological polar surface area (TPSA) is 101 Å². The number of hydrogen-bond donors (Lipinski definition) is 2. The van der Waals surface area contributed by atoms with Gasteiger partial charge in [-0.05, 0) is 30.3 Å². The van der Waals surface area contributed by atoms with E-state index in [4.69, 9.17) is 0 Å². The number of carbonyl (C=O) groups excluding carboxylic acids is 1. The largest absolute Gasteiger partial charge is 0.390 e. The van der Waals surface area contributed by atoms with Crippen LogP contribution in [0.4, 0.5) is 0 Å². The molecule has 1 aliphatic rings. The van der Waals surface area contributed by atoms with Crippen molar-refractivity contribution in [1.29, 1.82) is 0 Å². The monoisotopic (exact) mass is 421 g/mol. The molecule has 3 aromatic rings. The second kappa shape index (κ2) is 8.14. The van der Waals surface area contributed by atoms with Crippen LogP contribution in [0.3, 0.4) is 0 Å². The highest BCUT2D eigenvalue weighted by Gasteiger charge is 2.37. The van der Waals surface area contributed by atoms with Crippen LogP contribution in [0, 0.1) is 11.8 Å². The van der Waals surface area contributed by atoms with Gasteiger partial charge in [-0.1, -0.05) is 30.0 Å². The lowest BCUT2D eigenvalue weighted by atomic mass is 10.1. The number of amides is 1. The molecule has 0 spiro atoms. The molecule has 0 radical (unpaired) electrons. The molecule has 1 fully saturated rings. The molecule has 1 aromatic heterocycles. The fourth-order valence-electron chi connectivity index (χ4n) is 3.28. The average molecular weight is 421 g/mol. The Kier molecular flexibility index (Phi) is 5.40. The number of hydrogen-bond acceptors (Lipinski definition) is 5. The summed E-state index contributed by atoms with van der Waals surface area (Å²) in [5.41, 5.74) is 2.54. The van der Waals surface area contributed by atoms with Gasteiger partial charge in [0.05, 0.1) is 35.7 Å². The Bertz CT molecular complexity index is 1230. The molecule has 8 heteroatoms. The second-order valence-corrected chi connectivity index (χ2v) is 9.20. The van der Waals surface area contributed by atoms with Crippen LogP contribution >= 0.6 is 0 Å². The number of nitrogens with one attached hydrogen (secondary N) is 1. The summed E-state index contributed by atoms with van der Waals surface area (Å²) >= 11 is 0. The third-order valence-electron chi connectivity index (χ3n) is 4.80. The molecule has 0 saturated carbocycles. The van der Waals surface area contributed by atoms with Crippen LogP contribution in [-0.2, 0) is 9.84 Å². The first-order chi connectivity index (χ1) is 14.4. The van der Waals surface area contributed by atoms with Crippen LogP contribution in [0.2, 0.25) is 0 Å². The third-order valence-corrected chi connectivity index (χ3v) is 6.51. The first kappa shape index (κ1) is 19.9. The molecule has 0 aliphatic carbocycles. The first-order valence-corrected chi connectivity index (χ1v) is 11.1. The van der Waals surface area contributed by atoms with E-state index in [1.165, 1.54) is 0 Å². The minimum absolute atomic E-state index is 0.270. The molecule has 4 rings (SSSR count). The van der Waals surface area contributed by atoms with Gasteiger partial charge in [-0.3, -0.25) is 4.79 Å². The van der Waals surface area contributed by atoms with Crippen molar-refractivity contribution in [2.24, 2.45) is 0 Å². The predicted octanol–water partition coefficient (Wildman–Crippen LogP) is 1.16. The Morgan fingerprint density at radius 2 is 1.93 bits per heavy atom. The summed E-state index contributed by atoms with van der Waals surface area (Å²) < 4.78 is 25.2. The molecular formula is C22H19N3O4S. The summed E-state index contributed by atoms with van der Waals surface area (Å²) in [7, 11) is -3.35. The highest BCUT2D eigenvalue weighted by Crippen LogP contribution is 2.18. The van der Waals surface area contributed by atoms with Gasteiger partial charge in [-0.25, -0.2) is 13.4 Å². The number of carbonyl (C=O) groups is 1. The summed E-state index contributed by atoms with van der Waals surface area (Å²) in [4.78, 5) is 16.8. The van der Waals surface area contributed by atoms with E-state index in [1.54, 1.807) is 41.5 Å². The van der Waals surface area contributed by atoms with Gasteiger partial charge in [-0.2, -0.15) is 0 Å². The number of benzene rings is 2. The maximum Gasteiger partial charge on any atom is 0.251 e. The number of rotatable bonds is 3. The van der Waals surface area contributed by atoms with Crippen molar-refractivity contribution in [3.05, 3.63) is 83.9 Å². The molecule has 1 amide bonds. The van der Waals surface area contributed by atoms with Gasteiger partial charge in [0.25, 0.3) is 5.91 Å². The van der Waals surface area contributed by atoms with Gasteiger partial charge in [-0.15, -0.1) is 0 Å². The van der Waals surface area contributed by atoms with Gasteiger partial charge < -0.3 is 15.0 Å². The fraction of sp³-hybridized carbons (Fsp3) is 0.182. The van der Waals surface area contributed by atoms with Crippen molar-refractivity contribution in [3.8, 4) is 17.5 Å². The maximum atomic E-state index is 12.7. The van der Waals surface area contributed by atoms with Crippen molar-refractivity contribution in [2.45, 2.75) is 12.1 Å². The Hall–Kier alpha value is -3.41. The van der Waals surface area contributed by atoms with E-state index in [-0.39, 0.29) is 11.5 Å². The summed E-state index contributed by atoms with van der Waals surface area (Å²) in [6.07, 6.45) is 3.96. The van der Waals surface area contributed by atoms with Crippen molar-refractivity contribution >= 4 is 15.7 Å². The molecule has 152 valence electrons. The lowest BCUT2D eigenvalue weighted by molar-refractivity contribution is 0.0888. The zero-order chi connectivity index (χ0) is 21.1. The number of imidazole rings is 1. The summed E-state index contributed by atoms with van der Waals surface area (Å²) in [6, 6.07) is 13.7. The Balaban J connectivity index is 1.65. The molecule has 0 unspecified atom stereocenters. The van der Waals surface area contributed by atoms with E-state index in [0.29, 0.717) is 11.1 Å². The molecular weight excluding hydrogens is 402 g/mol. The fourth-order valence-corrected chi connectivity index (χ4v) is 5.03. The zero-order valence-electron chi connectivity index (χ0n) is 15.9. The summed E-state index contributed by atoms with van der Waals surface area (Å²) in [5, 5.41) is 12.5. The highest BCUT2D eigenvalue weighted by atomic mass is 32.2. The van der Waals surface area contributed by atoms with Crippen LogP contribution in [0.15, 0.2) is 67.3 Å². The average Bonchev–Trinajstić information content (AvgIpc) is 3.34. The van der Waals surface area contributed by atoms with Crippen molar-refractivity contribution in [2.75, 3.05) is 11.5 Å². The van der Waals surface area contributed by atoms with Crippen LogP contribution in [0.25, 0.3) is 5.69 Å². The maximum absolute atomic E-state index is 12.7. The van der Waals surface area contributed by atoms with Gasteiger partial charge in [0.15, 0.2) is 9.84 Å². The molecule has 0 bridgehead atoms. The van der Waals surface area contributed by atoms with E-state index in [0.717, 1.165) is 11.3 Å².